The molecular formula is C31H45F3N4O6. The molecule has 0 aliphatic carbocycles. The number of rotatable bonds is 7. The highest BCUT2D eigenvalue weighted by atomic mass is 19.4. The Balaban J connectivity index is 2.09. The molecule has 0 saturated carbocycles. The summed E-state index contributed by atoms with van der Waals surface area (Å²) in [5.41, 5.74) is -4.12. The van der Waals surface area contributed by atoms with Crippen LogP contribution in [0.5, 0.6) is 5.75 Å². The second-order valence-electron chi connectivity index (χ2n) is 13.2. The number of hydrogen-bond acceptors (Lipinski definition) is 6. The Hall–Kier alpha value is -3.51. The van der Waals surface area contributed by atoms with Gasteiger partial charge in [0.2, 0.25) is 5.91 Å². The summed E-state index contributed by atoms with van der Waals surface area (Å²) in [5, 5.41) is 2.69. The monoisotopic (exact) mass is 626 g/mol. The van der Waals surface area contributed by atoms with Gasteiger partial charge in [0.05, 0.1) is 28.8 Å². The van der Waals surface area contributed by atoms with Crippen molar-refractivity contribution in [2.75, 3.05) is 31.1 Å². The molecule has 2 aliphatic rings. The molecule has 44 heavy (non-hydrogen) atoms. The third kappa shape index (κ3) is 7.76. The first-order valence-corrected chi connectivity index (χ1v) is 15.0. The van der Waals surface area contributed by atoms with Crippen LogP contribution in [-0.2, 0) is 20.5 Å². The number of nitrogens with one attached hydrogen (secondary N) is 1. The van der Waals surface area contributed by atoms with Crippen molar-refractivity contribution in [3.05, 3.63) is 23.3 Å². The van der Waals surface area contributed by atoms with Crippen molar-refractivity contribution in [3.63, 3.8) is 0 Å². The Labute approximate surface area is 257 Å². The normalized spacial score (nSPS) is 19.2. The van der Waals surface area contributed by atoms with E-state index in [1.807, 2.05) is 0 Å². The van der Waals surface area contributed by atoms with Crippen molar-refractivity contribution in [2.45, 2.75) is 105 Å². The van der Waals surface area contributed by atoms with Gasteiger partial charge in [0.25, 0.3) is 11.8 Å². The van der Waals surface area contributed by atoms with Crippen molar-refractivity contribution in [3.8, 4) is 5.75 Å². The van der Waals surface area contributed by atoms with Crippen molar-refractivity contribution >= 4 is 29.5 Å². The average Bonchev–Trinajstić information content (AvgIpc) is 2.89. The number of piperidine rings is 1. The molecule has 1 fully saturated rings. The topological polar surface area (TPSA) is 108 Å². The highest BCUT2D eigenvalue weighted by Gasteiger charge is 2.46. The zero-order valence-electron chi connectivity index (χ0n) is 27.1. The minimum atomic E-state index is -4.92. The third-order valence-electron chi connectivity index (χ3n) is 7.54. The third-order valence-corrected chi connectivity index (χ3v) is 7.54. The van der Waals surface area contributed by atoms with Gasteiger partial charge in [-0.2, -0.15) is 13.2 Å². The van der Waals surface area contributed by atoms with Crippen LogP contribution in [0.3, 0.4) is 0 Å². The maximum absolute atomic E-state index is 14.5. The fourth-order valence-electron chi connectivity index (χ4n) is 5.55. The molecule has 0 spiro atoms. The molecule has 0 unspecified atom stereocenters. The second-order valence-corrected chi connectivity index (χ2v) is 13.2. The van der Waals surface area contributed by atoms with Crippen molar-refractivity contribution < 1.29 is 41.8 Å². The summed E-state index contributed by atoms with van der Waals surface area (Å²) in [5.74, 6) is -2.69. The van der Waals surface area contributed by atoms with Crippen LogP contribution in [0.2, 0.25) is 0 Å². The van der Waals surface area contributed by atoms with Crippen LogP contribution >= 0.6 is 0 Å². The number of alkyl halides is 3. The molecule has 0 bridgehead atoms. The van der Waals surface area contributed by atoms with E-state index in [-0.39, 0.29) is 30.4 Å². The molecule has 10 nitrogen and oxygen atoms in total. The smallest absolute Gasteiger partial charge is 0.417 e. The Kier molecular flexibility index (Phi) is 10.2. The van der Waals surface area contributed by atoms with E-state index in [0.717, 1.165) is 12.1 Å². The Bertz CT molecular complexity index is 1270. The molecule has 2 heterocycles. The van der Waals surface area contributed by atoms with Gasteiger partial charge in [-0.05, 0) is 80.4 Å². The fraction of sp³-hybridized carbons (Fsp3) is 0.677. The lowest BCUT2D eigenvalue weighted by Crippen LogP contribution is -2.55. The van der Waals surface area contributed by atoms with E-state index in [1.54, 1.807) is 48.5 Å². The van der Waals surface area contributed by atoms with Gasteiger partial charge in [-0.1, -0.05) is 6.92 Å². The molecular weight excluding hydrogens is 581 g/mol. The highest BCUT2D eigenvalue weighted by Crippen LogP contribution is 2.45. The van der Waals surface area contributed by atoms with Crippen LogP contribution in [0, 0.1) is 5.92 Å². The van der Waals surface area contributed by atoms with E-state index in [9.17, 15) is 32.3 Å². The number of anilines is 1. The number of likely N-dealkylation sites (tertiary alicyclic amines) is 1. The lowest BCUT2D eigenvalue weighted by atomic mass is 9.96. The van der Waals surface area contributed by atoms with E-state index in [4.69, 9.17) is 9.47 Å². The van der Waals surface area contributed by atoms with Gasteiger partial charge < -0.3 is 29.5 Å². The van der Waals surface area contributed by atoms with Crippen LogP contribution in [0.25, 0.3) is 0 Å². The lowest BCUT2D eigenvalue weighted by Gasteiger charge is -2.42. The second kappa shape index (κ2) is 12.8. The zero-order valence-corrected chi connectivity index (χ0v) is 27.1. The largest absolute Gasteiger partial charge is 0.476 e. The first-order valence-electron chi connectivity index (χ1n) is 15.0. The van der Waals surface area contributed by atoms with Crippen LogP contribution in [0.1, 0.15) is 91.1 Å². The van der Waals surface area contributed by atoms with Gasteiger partial charge in [0.1, 0.15) is 11.4 Å². The Morgan fingerprint density at radius 1 is 1.16 bits per heavy atom. The quantitative estimate of drug-likeness (QED) is 0.444. The Morgan fingerprint density at radius 3 is 2.34 bits per heavy atom. The molecule has 0 aromatic heterocycles. The molecule has 2 aliphatic heterocycles. The molecule has 1 N–H and O–H groups in total. The van der Waals surface area contributed by atoms with E-state index in [1.165, 1.54) is 28.5 Å². The minimum absolute atomic E-state index is 0.0236. The summed E-state index contributed by atoms with van der Waals surface area (Å²) in [6.07, 6.45) is -4.48. The van der Waals surface area contributed by atoms with Crippen LogP contribution in [-0.4, -0.2) is 83.1 Å². The van der Waals surface area contributed by atoms with Crippen LogP contribution < -0.4 is 15.0 Å². The lowest BCUT2D eigenvalue weighted by molar-refractivity contribution is -0.138. The summed E-state index contributed by atoms with van der Waals surface area (Å²) >= 11 is 0. The molecule has 246 valence electrons. The average molecular weight is 627 g/mol. The number of amides is 4. The molecule has 1 aromatic carbocycles. The maximum atomic E-state index is 14.5. The number of carbonyl (C=O) groups excluding carboxylic acids is 4. The summed E-state index contributed by atoms with van der Waals surface area (Å²) in [6, 6.07) is 0.704. The minimum Gasteiger partial charge on any atom is -0.476 e. The molecule has 0 radical (unpaired) electrons. The number of nitrogens with zero attached hydrogens (tertiary/aromatic N) is 3. The molecule has 1 aromatic rings. The van der Waals surface area contributed by atoms with Gasteiger partial charge in [-0.25, -0.2) is 4.79 Å². The van der Waals surface area contributed by atoms with Crippen molar-refractivity contribution in [1.82, 2.24) is 15.1 Å². The van der Waals surface area contributed by atoms with Crippen molar-refractivity contribution in [1.29, 1.82) is 0 Å². The summed E-state index contributed by atoms with van der Waals surface area (Å²) in [4.78, 5) is 57.0. The van der Waals surface area contributed by atoms with Gasteiger partial charge in [-0.15, -0.1) is 0 Å². The predicted octanol–water partition coefficient (Wildman–Crippen LogP) is 5.23. The maximum Gasteiger partial charge on any atom is 0.417 e. The number of hydrogen-bond donors (Lipinski definition) is 1. The number of benzene rings is 1. The van der Waals surface area contributed by atoms with Gasteiger partial charge >= 0.3 is 12.3 Å². The number of fused-ring (bicyclic) bond motifs is 1. The summed E-state index contributed by atoms with van der Waals surface area (Å²) in [7, 11) is 0. The van der Waals surface area contributed by atoms with E-state index >= 15 is 0 Å². The number of carbonyl (C=O) groups is 4. The summed E-state index contributed by atoms with van der Waals surface area (Å²) < 4.78 is 54.9. The van der Waals surface area contributed by atoms with Crippen LogP contribution in [0.4, 0.5) is 23.7 Å². The standard InChI is InChI=1S/C31H45F3N4O6/c1-10-35-25(39)19(4)16-37-23-14-21(22(31(32,33)34)15-24(23)43-30(8,9)27(37)41)26(40)38(18(2)3)20-12-11-13-36(17-20)28(42)44-29(5,6)7/h14-15,18-20H,10-13,16-17H2,1-9H3,(H,35,39)/t19-,20+/m0/s1. The Morgan fingerprint density at radius 2 is 1.80 bits per heavy atom. The molecule has 4 amide bonds. The first-order chi connectivity index (χ1) is 20.2. The van der Waals surface area contributed by atoms with E-state index in [0.29, 0.717) is 25.9 Å². The van der Waals surface area contributed by atoms with Crippen molar-refractivity contribution in [2.24, 2.45) is 5.92 Å². The van der Waals surface area contributed by atoms with E-state index in [2.05, 4.69) is 5.32 Å². The van der Waals surface area contributed by atoms with Crippen LogP contribution in [0.15, 0.2) is 12.1 Å². The molecule has 13 heteroatoms. The van der Waals surface area contributed by atoms with Gasteiger partial charge in [0.15, 0.2) is 5.60 Å². The highest BCUT2D eigenvalue weighted by molar-refractivity contribution is 6.05. The SMILES string of the molecule is CCNC(=O)[C@@H](C)CN1C(=O)C(C)(C)Oc2cc(C(F)(F)F)c(C(=O)N(C(C)C)[C@@H]3CCCN(C(=O)OC(C)(C)C)C3)cc21. The molecule has 2 atom stereocenters. The first kappa shape index (κ1) is 35.0. The van der Waals surface area contributed by atoms with E-state index < -0.39 is 64.4 Å². The number of ether oxygens (including phenoxy) is 2. The van der Waals surface area contributed by atoms with Gasteiger partial charge in [0, 0.05) is 32.2 Å². The number of halogens is 3. The summed E-state index contributed by atoms with van der Waals surface area (Å²) in [6.45, 7) is 15.6. The van der Waals surface area contributed by atoms with Gasteiger partial charge in [-0.3, -0.25) is 14.4 Å². The predicted molar refractivity (Wildman–Crippen MR) is 158 cm³/mol. The fourth-order valence-corrected chi connectivity index (χ4v) is 5.55. The zero-order chi connectivity index (χ0) is 33.4. The molecule has 1 saturated heterocycles. The molecule has 3 rings (SSSR count).